The molecule has 2 aromatic rings. The number of hydrogen-bond acceptors (Lipinski definition) is 6. The van der Waals surface area contributed by atoms with E-state index in [0.29, 0.717) is 31.9 Å². The average Bonchev–Trinajstić information content (AvgIpc) is 2.97. The summed E-state index contributed by atoms with van der Waals surface area (Å²) in [6.07, 6.45) is 4.82. The van der Waals surface area contributed by atoms with Gasteiger partial charge in [0, 0.05) is 31.7 Å². The summed E-state index contributed by atoms with van der Waals surface area (Å²) >= 11 is 0. The molecule has 8 heteroatoms. The lowest BCUT2D eigenvalue weighted by Crippen LogP contribution is -2.35. The van der Waals surface area contributed by atoms with Crippen LogP contribution in [0.25, 0.3) is 0 Å². The van der Waals surface area contributed by atoms with Gasteiger partial charge in [-0.25, -0.2) is 0 Å². The third kappa shape index (κ3) is 4.61. The van der Waals surface area contributed by atoms with Gasteiger partial charge < -0.3 is 14.5 Å². The lowest BCUT2D eigenvalue weighted by Gasteiger charge is -2.24. The monoisotopic (exact) mass is 344 g/mol. The molecule has 0 bridgehead atoms. The maximum Gasteiger partial charge on any atom is 0.255 e. The number of ether oxygens (including phenoxy) is 1. The molecule has 1 amide bonds. The summed E-state index contributed by atoms with van der Waals surface area (Å²) in [4.78, 5) is 16.8. The molecular formula is C17H24N6O2. The fraction of sp³-hybridized carbons (Fsp3) is 0.529. The zero-order valence-electron chi connectivity index (χ0n) is 14.7. The Morgan fingerprint density at radius 1 is 1.28 bits per heavy atom. The highest BCUT2D eigenvalue weighted by Gasteiger charge is 2.26. The molecule has 0 unspecified atom stereocenters. The molecule has 0 saturated carbocycles. The molecule has 1 aliphatic rings. The van der Waals surface area contributed by atoms with Crippen molar-refractivity contribution in [3.63, 3.8) is 0 Å². The molecule has 134 valence electrons. The lowest BCUT2D eigenvalue weighted by atomic mass is 10.1. The molecule has 0 N–H and O–H groups in total. The second kappa shape index (κ2) is 8.17. The number of aromatic nitrogens is 4. The van der Waals surface area contributed by atoms with Crippen molar-refractivity contribution < 1.29 is 9.53 Å². The Bertz CT molecular complexity index is 687. The molecule has 1 atom stereocenters. The first-order chi connectivity index (χ1) is 12.1. The molecule has 0 saturated heterocycles. The Morgan fingerprint density at radius 2 is 2.16 bits per heavy atom. The normalized spacial score (nSPS) is 17.4. The molecular weight excluding hydrogens is 320 g/mol. The Hall–Kier alpha value is -2.32. The predicted molar refractivity (Wildman–Crippen MR) is 91.9 cm³/mol. The highest BCUT2D eigenvalue weighted by atomic mass is 16.5. The van der Waals surface area contributed by atoms with Crippen molar-refractivity contribution in [3.8, 4) is 0 Å². The van der Waals surface area contributed by atoms with Crippen molar-refractivity contribution in [1.29, 1.82) is 0 Å². The minimum atomic E-state index is -0.0390. The fourth-order valence-corrected chi connectivity index (χ4v) is 2.89. The van der Waals surface area contributed by atoms with E-state index in [1.807, 2.05) is 29.7 Å². The van der Waals surface area contributed by atoms with E-state index in [-0.39, 0.29) is 11.8 Å². The summed E-state index contributed by atoms with van der Waals surface area (Å²) in [5.41, 5.74) is 1.58. The van der Waals surface area contributed by atoms with Crippen LogP contribution in [0.4, 0.5) is 0 Å². The first-order valence-electron chi connectivity index (χ1n) is 8.42. The summed E-state index contributed by atoms with van der Waals surface area (Å²) < 4.78 is 7.79. The molecule has 0 spiro atoms. The van der Waals surface area contributed by atoms with Crippen LogP contribution < -0.4 is 0 Å². The maximum absolute atomic E-state index is 12.8. The van der Waals surface area contributed by atoms with Crippen LogP contribution in [0.3, 0.4) is 0 Å². The van der Waals surface area contributed by atoms with Gasteiger partial charge in [-0.1, -0.05) is 0 Å². The van der Waals surface area contributed by atoms with E-state index in [2.05, 4.69) is 20.2 Å². The average molecular weight is 344 g/mol. The third-order valence-electron chi connectivity index (χ3n) is 4.22. The van der Waals surface area contributed by atoms with Gasteiger partial charge in [0.15, 0.2) is 0 Å². The summed E-state index contributed by atoms with van der Waals surface area (Å²) in [5, 5.41) is 11.9. The van der Waals surface area contributed by atoms with Gasteiger partial charge in [-0.3, -0.25) is 9.48 Å². The largest absolute Gasteiger partial charge is 0.380 e. The Kier molecular flexibility index (Phi) is 5.72. The molecule has 0 aromatic carbocycles. The number of likely N-dealkylation sites (N-methyl/N-ethyl adjacent to an activating group) is 1. The van der Waals surface area contributed by atoms with Crippen molar-refractivity contribution in [1.82, 2.24) is 29.8 Å². The number of carbonyl (C=O) groups excluding carboxylic acids is 1. The number of amides is 1. The van der Waals surface area contributed by atoms with E-state index in [1.54, 1.807) is 12.3 Å². The van der Waals surface area contributed by atoms with E-state index >= 15 is 0 Å². The van der Waals surface area contributed by atoms with Crippen molar-refractivity contribution >= 4 is 5.91 Å². The summed E-state index contributed by atoms with van der Waals surface area (Å²) in [6, 6.07) is 3.65. The first-order valence-corrected chi connectivity index (χ1v) is 8.42. The quantitative estimate of drug-likeness (QED) is 0.711. The van der Waals surface area contributed by atoms with Crippen LogP contribution in [0, 0.1) is 5.92 Å². The number of carbonyl (C=O) groups is 1. The topological polar surface area (TPSA) is 76.4 Å². The molecule has 1 aliphatic heterocycles. The van der Waals surface area contributed by atoms with Crippen LogP contribution in [0.5, 0.6) is 0 Å². The smallest absolute Gasteiger partial charge is 0.255 e. The number of fused-ring (bicyclic) bond motifs is 1. The fourth-order valence-electron chi connectivity index (χ4n) is 2.89. The highest BCUT2D eigenvalue weighted by molar-refractivity contribution is 5.93. The SMILES string of the molecule is CN(C)CCOC[C@@H]1CN(C(=O)c2ccnnc2)Cc2ccnn2C1. The van der Waals surface area contributed by atoms with Gasteiger partial charge in [0.2, 0.25) is 0 Å². The molecule has 0 aliphatic carbocycles. The predicted octanol–water partition coefficient (Wildman–Crippen LogP) is 0.524. The zero-order valence-corrected chi connectivity index (χ0v) is 14.7. The van der Waals surface area contributed by atoms with Crippen LogP contribution in [-0.2, 0) is 17.8 Å². The molecule has 25 heavy (non-hydrogen) atoms. The van der Waals surface area contributed by atoms with Gasteiger partial charge in [-0.15, -0.1) is 0 Å². The van der Waals surface area contributed by atoms with Gasteiger partial charge in [-0.2, -0.15) is 15.3 Å². The summed E-state index contributed by atoms with van der Waals surface area (Å²) in [7, 11) is 4.04. The summed E-state index contributed by atoms with van der Waals surface area (Å²) in [6.45, 7) is 4.08. The van der Waals surface area contributed by atoms with Crippen molar-refractivity contribution in [3.05, 3.63) is 42.0 Å². The van der Waals surface area contributed by atoms with Gasteiger partial charge >= 0.3 is 0 Å². The van der Waals surface area contributed by atoms with E-state index in [0.717, 1.165) is 18.8 Å². The first kappa shape index (κ1) is 17.5. The Balaban J connectivity index is 1.69. The van der Waals surface area contributed by atoms with Gasteiger partial charge in [0.05, 0.1) is 43.4 Å². The zero-order chi connectivity index (χ0) is 17.6. The Morgan fingerprint density at radius 3 is 2.92 bits per heavy atom. The third-order valence-corrected chi connectivity index (χ3v) is 4.22. The van der Waals surface area contributed by atoms with Gasteiger partial charge in [0.25, 0.3) is 5.91 Å². The van der Waals surface area contributed by atoms with Crippen molar-refractivity contribution in [2.75, 3.05) is 40.4 Å². The van der Waals surface area contributed by atoms with E-state index in [9.17, 15) is 4.79 Å². The number of nitrogens with zero attached hydrogens (tertiary/aromatic N) is 6. The summed E-state index contributed by atoms with van der Waals surface area (Å²) in [5.74, 6) is 0.157. The minimum Gasteiger partial charge on any atom is -0.380 e. The molecule has 0 fully saturated rings. The minimum absolute atomic E-state index is 0.0390. The van der Waals surface area contributed by atoms with Crippen LogP contribution in [-0.4, -0.2) is 76.1 Å². The van der Waals surface area contributed by atoms with Crippen LogP contribution in [0.2, 0.25) is 0 Å². The van der Waals surface area contributed by atoms with Gasteiger partial charge in [0.1, 0.15) is 0 Å². The second-order valence-electron chi connectivity index (χ2n) is 6.57. The molecule has 2 aromatic heterocycles. The standard InChI is InChI=1S/C17H24N6O2/c1-21(2)7-8-25-13-14-10-22(12-16-4-6-20-23(16)11-14)17(24)15-3-5-18-19-9-15/h3-6,9,14H,7-8,10-13H2,1-2H3/t14-/m1/s1. The molecule has 3 rings (SSSR count). The lowest BCUT2D eigenvalue weighted by molar-refractivity contribution is 0.0560. The number of rotatable bonds is 6. The second-order valence-corrected chi connectivity index (χ2v) is 6.57. The van der Waals surface area contributed by atoms with E-state index in [1.165, 1.54) is 12.4 Å². The van der Waals surface area contributed by atoms with Crippen LogP contribution >= 0.6 is 0 Å². The van der Waals surface area contributed by atoms with Crippen molar-refractivity contribution in [2.24, 2.45) is 5.92 Å². The van der Waals surface area contributed by atoms with Crippen molar-refractivity contribution in [2.45, 2.75) is 13.1 Å². The number of hydrogen-bond donors (Lipinski definition) is 0. The van der Waals surface area contributed by atoms with E-state index in [4.69, 9.17) is 4.74 Å². The van der Waals surface area contributed by atoms with Crippen LogP contribution in [0.15, 0.2) is 30.7 Å². The van der Waals surface area contributed by atoms with Gasteiger partial charge in [-0.05, 0) is 26.2 Å². The maximum atomic E-state index is 12.8. The van der Waals surface area contributed by atoms with Crippen LogP contribution in [0.1, 0.15) is 16.1 Å². The Labute approximate surface area is 147 Å². The van der Waals surface area contributed by atoms with E-state index < -0.39 is 0 Å². The molecule has 3 heterocycles. The molecule has 8 nitrogen and oxygen atoms in total. The molecule has 0 radical (unpaired) electrons. The highest BCUT2D eigenvalue weighted by Crippen LogP contribution is 2.18.